The summed E-state index contributed by atoms with van der Waals surface area (Å²) in [6.07, 6.45) is 4.29. The highest BCUT2D eigenvalue weighted by atomic mass is 16.3. The summed E-state index contributed by atoms with van der Waals surface area (Å²) in [6, 6.07) is 0. The number of rotatable bonds is 0. The first-order valence-corrected chi connectivity index (χ1v) is 5.41. The fourth-order valence-corrected chi connectivity index (χ4v) is 5.41. The lowest BCUT2D eigenvalue weighted by Gasteiger charge is -2.46. The minimum Gasteiger partial charge on any atom is -0.392 e. The van der Waals surface area contributed by atoms with Crippen molar-refractivity contribution in [2.75, 3.05) is 0 Å². The summed E-state index contributed by atoms with van der Waals surface area (Å²) in [4.78, 5) is 0. The van der Waals surface area contributed by atoms with Crippen molar-refractivity contribution in [2.45, 2.75) is 32.3 Å². The molecule has 0 radical (unpaired) electrons. The lowest BCUT2D eigenvalue weighted by atomic mass is 9.61. The van der Waals surface area contributed by atoms with Crippen LogP contribution in [-0.4, -0.2) is 11.2 Å². The minimum atomic E-state index is 0.0697. The van der Waals surface area contributed by atoms with E-state index >= 15 is 0 Å². The Labute approximate surface area is 73.2 Å². The largest absolute Gasteiger partial charge is 0.392 e. The van der Waals surface area contributed by atoms with Gasteiger partial charge in [-0.05, 0) is 48.9 Å². The first-order chi connectivity index (χ1) is 5.73. The number of aliphatic hydroxyl groups is 1. The van der Waals surface area contributed by atoms with Gasteiger partial charge in [0.05, 0.1) is 6.10 Å². The van der Waals surface area contributed by atoms with E-state index in [9.17, 15) is 5.11 Å². The predicted octanol–water partition coefficient (Wildman–Crippen LogP) is 1.66. The van der Waals surface area contributed by atoms with Crippen molar-refractivity contribution in [3.63, 3.8) is 0 Å². The fraction of sp³-hybridized carbons (Fsp3) is 1.00. The fourth-order valence-electron chi connectivity index (χ4n) is 5.41. The predicted molar refractivity (Wildman–Crippen MR) is 45.4 cm³/mol. The van der Waals surface area contributed by atoms with Crippen molar-refractivity contribution in [2.24, 2.45) is 35.0 Å². The number of hydrogen-bond acceptors (Lipinski definition) is 1. The summed E-state index contributed by atoms with van der Waals surface area (Å²) >= 11 is 0. The third-order valence-electron chi connectivity index (χ3n) is 5.63. The van der Waals surface area contributed by atoms with E-state index in [1.54, 1.807) is 0 Å². The topological polar surface area (TPSA) is 20.2 Å². The van der Waals surface area contributed by atoms with Crippen LogP contribution in [0.2, 0.25) is 0 Å². The molecule has 5 aliphatic carbocycles. The van der Waals surface area contributed by atoms with Gasteiger partial charge in [-0.25, -0.2) is 0 Å². The van der Waals surface area contributed by atoms with Crippen LogP contribution in [0.25, 0.3) is 0 Å². The molecule has 1 nitrogen and oxygen atoms in total. The Kier molecular flexibility index (Phi) is 0.800. The molecule has 66 valence electrons. The smallest absolute Gasteiger partial charge is 0.0627 e. The van der Waals surface area contributed by atoms with E-state index in [1.807, 2.05) is 0 Å². The second-order valence-electron chi connectivity index (χ2n) is 5.85. The van der Waals surface area contributed by atoms with Crippen LogP contribution in [0.4, 0.5) is 0 Å². The van der Waals surface area contributed by atoms with Crippen molar-refractivity contribution in [1.82, 2.24) is 0 Å². The molecule has 0 amide bonds. The van der Waals surface area contributed by atoms with Crippen molar-refractivity contribution in [3.8, 4) is 0 Å². The zero-order chi connectivity index (χ0) is 8.09. The van der Waals surface area contributed by atoms with Crippen molar-refractivity contribution < 1.29 is 5.11 Å². The molecule has 5 aliphatic rings. The van der Waals surface area contributed by atoms with Gasteiger partial charge < -0.3 is 5.11 Å². The third kappa shape index (κ3) is 0.414. The summed E-state index contributed by atoms with van der Waals surface area (Å²) in [5.74, 6) is 4.61. The summed E-state index contributed by atoms with van der Waals surface area (Å²) in [6.45, 7) is 2.34. The van der Waals surface area contributed by atoms with Crippen LogP contribution in [-0.2, 0) is 0 Å². The average molecular weight is 164 g/mol. The average Bonchev–Trinajstić information content (AvgIpc) is 2.61. The van der Waals surface area contributed by atoms with Crippen LogP contribution >= 0.6 is 0 Å². The zero-order valence-corrected chi connectivity index (χ0v) is 7.53. The molecule has 0 spiro atoms. The van der Waals surface area contributed by atoms with Gasteiger partial charge in [-0.15, -0.1) is 0 Å². The Morgan fingerprint density at radius 3 is 2.08 bits per heavy atom. The molecule has 12 heavy (non-hydrogen) atoms. The molecule has 0 aromatic heterocycles. The lowest BCUT2D eigenvalue weighted by molar-refractivity contribution is -0.0654. The van der Waals surface area contributed by atoms with Crippen LogP contribution in [0.1, 0.15) is 26.2 Å². The Morgan fingerprint density at radius 2 is 1.50 bits per heavy atom. The van der Waals surface area contributed by atoms with Crippen LogP contribution in [0, 0.1) is 35.0 Å². The Morgan fingerprint density at radius 1 is 1.00 bits per heavy atom. The van der Waals surface area contributed by atoms with Gasteiger partial charge in [0.25, 0.3) is 0 Å². The van der Waals surface area contributed by atoms with Crippen molar-refractivity contribution in [3.05, 3.63) is 0 Å². The molecule has 0 heterocycles. The molecule has 4 bridgehead atoms. The molecule has 0 aliphatic heterocycles. The SMILES string of the molecule is CC12C(O)C3CC4CC(C3)C1C42. The van der Waals surface area contributed by atoms with Crippen LogP contribution in [0.3, 0.4) is 0 Å². The quantitative estimate of drug-likeness (QED) is 0.577. The third-order valence-corrected chi connectivity index (χ3v) is 5.63. The van der Waals surface area contributed by atoms with Crippen LogP contribution in [0.5, 0.6) is 0 Å². The molecule has 0 aromatic carbocycles. The number of aliphatic hydroxyl groups excluding tert-OH is 1. The standard InChI is InChI=1S/C11H16O/c1-11-8-5-2-6(9(8)11)4-7(3-5)10(11)12/h5-10,12H,2-4H2,1H3. The first kappa shape index (κ1) is 6.42. The van der Waals surface area contributed by atoms with Gasteiger partial charge in [0.15, 0.2) is 0 Å². The van der Waals surface area contributed by atoms with Gasteiger partial charge in [0, 0.05) is 5.41 Å². The van der Waals surface area contributed by atoms with E-state index in [2.05, 4.69) is 6.92 Å². The monoisotopic (exact) mass is 164 g/mol. The lowest BCUT2D eigenvalue weighted by Crippen LogP contribution is -2.45. The maximum absolute atomic E-state index is 10.1. The van der Waals surface area contributed by atoms with E-state index in [0.29, 0.717) is 11.3 Å². The molecule has 5 unspecified atom stereocenters. The molecule has 5 fully saturated rings. The summed E-state index contributed by atoms with van der Waals surface area (Å²) in [5.41, 5.74) is 0.398. The van der Waals surface area contributed by atoms with Gasteiger partial charge in [-0.3, -0.25) is 0 Å². The van der Waals surface area contributed by atoms with Crippen LogP contribution in [0.15, 0.2) is 0 Å². The molecule has 1 heteroatoms. The Bertz CT molecular complexity index is 242. The van der Waals surface area contributed by atoms with Crippen LogP contribution < -0.4 is 0 Å². The maximum atomic E-state index is 10.1. The van der Waals surface area contributed by atoms with E-state index in [4.69, 9.17) is 0 Å². The van der Waals surface area contributed by atoms with Gasteiger partial charge >= 0.3 is 0 Å². The normalized spacial score (nSPS) is 76.5. The maximum Gasteiger partial charge on any atom is 0.0627 e. The van der Waals surface area contributed by atoms with Gasteiger partial charge in [-0.2, -0.15) is 0 Å². The molecule has 1 N–H and O–H groups in total. The second-order valence-corrected chi connectivity index (χ2v) is 5.85. The minimum absolute atomic E-state index is 0.0697. The Hall–Kier alpha value is -0.0400. The Balaban J connectivity index is 1.88. The van der Waals surface area contributed by atoms with E-state index < -0.39 is 0 Å². The summed E-state index contributed by atoms with van der Waals surface area (Å²) < 4.78 is 0. The molecule has 0 aromatic rings. The van der Waals surface area contributed by atoms with E-state index in [0.717, 1.165) is 23.7 Å². The highest BCUT2D eigenvalue weighted by molar-refractivity contribution is 5.26. The van der Waals surface area contributed by atoms with E-state index in [1.165, 1.54) is 19.3 Å². The van der Waals surface area contributed by atoms with Gasteiger partial charge in [0.2, 0.25) is 0 Å². The number of hydrogen-bond donors (Lipinski definition) is 1. The highest BCUT2D eigenvalue weighted by Gasteiger charge is 2.78. The molecule has 5 rings (SSSR count). The summed E-state index contributed by atoms with van der Waals surface area (Å²) in [5, 5.41) is 10.1. The van der Waals surface area contributed by atoms with Gasteiger partial charge in [0.1, 0.15) is 0 Å². The first-order valence-electron chi connectivity index (χ1n) is 5.41. The highest BCUT2D eigenvalue weighted by Crippen LogP contribution is 2.81. The molecular weight excluding hydrogens is 148 g/mol. The van der Waals surface area contributed by atoms with E-state index in [-0.39, 0.29) is 6.10 Å². The molecule has 5 atom stereocenters. The molecule has 0 saturated heterocycles. The van der Waals surface area contributed by atoms with Gasteiger partial charge in [-0.1, -0.05) is 6.92 Å². The van der Waals surface area contributed by atoms with Crippen molar-refractivity contribution >= 4 is 0 Å². The zero-order valence-electron chi connectivity index (χ0n) is 7.53. The molecular formula is C11H16O. The second kappa shape index (κ2) is 1.50. The summed E-state index contributed by atoms with van der Waals surface area (Å²) in [7, 11) is 0. The molecule has 5 saturated carbocycles. The van der Waals surface area contributed by atoms with Crippen molar-refractivity contribution in [1.29, 1.82) is 0 Å².